The summed E-state index contributed by atoms with van der Waals surface area (Å²) in [5.41, 5.74) is 6.99. The van der Waals surface area contributed by atoms with Crippen LogP contribution in [0.15, 0.2) is 18.2 Å². The van der Waals surface area contributed by atoms with E-state index >= 15 is 0 Å². The van der Waals surface area contributed by atoms with Crippen LogP contribution < -0.4 is 5.73 Å². The minimum absolute atomic E-state index is 0.125. The molecule has 1 aliphatic carbocycles. The molecule has 0 aliphatic heterocycles. The van der Waals surface area contributed by atoms with Crippen LogP contribution in [0.4, 0.5) is 4.39 Å². The summed E-state index contributed by atoms with van der Waals surface area (Å²) in [7, 11) is 2.15. The van der Waals surface area contributed by atoms with E-state index in [0.717, 1.165) is 18.0 Å². The molecule has 1 saturated carbocycles. The van der Waals surface area contributed by atoms with Gasteiger partial charge < -0.3 is 5.73 Å². The number of halogens is 1. The van der Waals surface area contributed by atoms with Crippen molar-refractivity contribution in [3.8, 4) is 0 Å². The van der Waals surface area contributed by atoms with Crippen molar-refractivity contribution in [1.82, 2.24) is 4.90 Å². The molecule has 0 spiro atoms. The van der Waals surface area contributed by atoms with Crippen LogP contribution >= 0.6 is 12.2 Å². The maximum Gasteiger partial charge on any atom is 0.133 e. The fourth-order valence-corrected chi connectivity index (χ4v) is 3.43. The molecule has 0 radical (unpaired) electrons. The van der Waals surface area contributed by atoms with E-state index in [0.29, 0.717) is 11.6 Å². The fourth-order valence-electron chi connectivity index (χ4n) is 3.27. The predicted octanol–water partition coefficient (Wildman–Crippen LogP) is 3.86. The molecule has 0 saturated heterocycles. The molecule has 2 N–H and O–H groups in total. The summed E-state index contributed by atoms with van der Waals surface area (Å²) in [4.78, 5) is 2.50. The number of nitrogens with zero attached hydrogens (tertiary/aromatic N) is 1. The van der Waals surface area contributed by atoms with Gasteiger partial charge in [0.15, 0.2) is 0 Å². The Morgan fingerprint density at radius 3 is 2.57 bits per heavy atom. The van der Waals surface area contributed by atoms with Gasteiger partial charge in [-0.05, 0) is 56.3 Å². The third-order valence-corrected chi connectivity index (χ3v) is 4.97. The first kappa shape index (κ1) is 16.4. The van der Waals surface area contributed by atoms with Crippen LogP contribution in [0.25, 0.3) is 0 Å². The first-order valence-electron chi connectivity index (χ1n) is 7.79. The van der Waals surface area contributed by atoms with Gasteiger partial charge in [0.25, 0.3) is 0 Å². The summed E-state index contributed by atoms with van der Waals surface area (Å²) < 4.78 is 13.6. The van der Waals surface area contributed by atoms with Crippen LogP contribution in [0, 0.1) is 11.7 Å². The third kappa shape index (κ3) is 4.24. The monoisotopic (exact) mass is 308 g/mol. The zero-order valence-electron chi connectivity index (χ0n) is 12.9. The summed E-state index contributed by atoms with van der Waals surface area (Å²) in [6.07, 6.45) is 6.47. The molecule has 0 amide bonds. The lowest BCUT2D eigenvalue weighted by Gasteiger charge is -2.34. The molecule has 1 aromatic carbocycles. The Kier molecular flexibility index (Phi) is 5.71. The van der Waals surface area contributed by atoms with Crippen molar-refractivity contribution in [3.63, 3.8) is 0 Å². The molecule has 1 aliphatic rings. The van der Waals surface area contributed by atoms with Crippen molar-refractivity contribution in [2.24, 2.45) is 11.7 Å². The van der Waals surface area contributed by atoms with Gasteiger partial charge in [-0.25, -0.2) is 4.39 Å². The highest BCUT2D eigenvalue weighted by molar-refractivity contribution is 7.80. The second-order valence-electron chi connectivity index (χ2n) is 6.18. The highest BCUT2D eigenvalue weighted by Gasteiger charge is 2.23. The van der Waals surface area contributed by atoms with Crippen molar-refractivity contribution in [1.29, 1.82) is 0 Å². The van der Waals surface area contributed by atoms with Gasteiger partial charge in [0.05, 0.1) is 0 Å². The number of nitrogens with two attached hydrogens (primary N) is 1. The number of hydrogen-bond acceptors (Lipinski definition) is 2. The van der Waals surface area contributed by atoms with Crippen LogP contribution in [-0.4, -0.2) is 23.0 Å². The van der Waals surface area contributed by atoms with Crippen molar-refractivity contribution < 1.29 is 4.39 Å². The van der Waals surface area contributed by atoms with Crippen molar-refractivity contribution >= 4 is 17.2 Å². The minimum atomic E-state index is -0.336. The van der Waals surface area contributed by atoms with Gasteiger partial charge in [0, 0.05) is 18.2 Å². The highest BCUT2D eigenvalue weighted by Crippen LogP contribution is 2.29. The van der Waals surface area contributed by atoms with Gasteiger partial charge in [0.2, 0.25) is 0 Å². The maximum atomic E-state index is 13.6. The van der Waals surface area contributed by atoms with Gasteiger partial charge in [-0.2, -0.15) is 0 Å². The average molecular weight is 308 g/mol. The summed E-state index contributed by atoms with van der Waals surface area (Å²) in [5.74, 6) is 0.569. The van der Waals surface area contributed by atoms with Crippen LogP contribution in [0.3, 0.4) is 0 Å². The third-order valence-electron chi connectivity index (χ3n) is 4.75. The molecule has 0 bridgehead atoms. The molecule has 0 heterocycles. The fraction of sp³-hybridized carbons (Fsp3) is 0.588. The van der Waals surface area contributed by atoms with Crippen molar-refractivity contribution in [2.45, 2.75) is 51.6 Å². The topological polar surface area (TPSA) is 29.3 Å². The highest BCUT2D eigenvalue weighted by atomic mass is 32.1. The number of thiocarbonyl (C=S) groups is 1. The van der Waals surface area contributed by atoms with Gasteiger partial charge >= 0.3 is 0 Å². The van der Waals surface area contributed by atoms with Crippen LogP contribution in [0.5, 0.6) is 0 Å². The average Bonchev–Trinajstić information content (AvgIpc) is 2.49. The second-order valence-corrected chi connectivity index (χ2v) is 6.62. The van der Waals surface area contributed by atoms with E-state index in [1.54, 1.807) is 6.07 Å². The van der Waals surface area contributed by atoms with Crippen LogP contribution in [-0.2, 0) is 6.54 Å². The summed E-state index contributed by atoms with van der Waals surface area (Å²) in [5, 5.41) is 0. The number of hydrogen-bond donors (Lipinski definition) is 1. The van der Waals surface area contributed by atoms with E-state index in [9.17, 15) is 4.39 Å². The van der Waals surface area contributed by atoms with Crippen molar-refractivity contribution in [3.05, 3.63) is 35.1 Å². The molecule has 0 aromatic heterocycles. The van der Waals surface area contributed by atoms with E-state index in [1.165, 1.54) is 38.2 Å². The summed E-state index contributed by atoms with van der Waals surface area (Å²) in [6.45, 7) is 3.10. The molecule has 0 atom stereocenters. The van der Waals surface area contributed by atoms with Crippen molar-refractivity contribution in [2.75, 3.05) is 7.05 Å². The first-order valence-corrected chi connectivity index (χ1v) is 8.20. The Hall–Kier alpha value is -1.00. The Balaban J connectivity index is 1.98. The Labute approximate surface area is 132 Å². The van der Waals surface area contributed by atoms with E-state index in [-0.39, 0.29) is 10.8 Å². The molecule has 21 heavy (non-hydrogen) atoms. The number of benzene rings is 1. The summed E-state index contributed by atoms with van der Waals surface area (Å²) >= 11 is 4.90. The van der Waals surface area contributed by atoms with Gasteiger partial charge in [-0.3, -0.25) is 4.90 Å². The van der Waals surface area contributed by atoms with Gasteiger partial charge in [0.1, 0.15) is 10.8 Å². The quantitative estimate of drug-likeness (QED) is 0.838. The predicted molar refractivity (Wildman–Crippen MR) is 89.8 cm³/mol. The molecular formula is C17H25FN2S. The maximum absolute atomic E-state index is 13.6. The van der Waals surface area contributed by atoms with E-state index in [4.69, 9.17) is 18.0 Å². The van der Waals surface area contributed by atoms with E-state index in [1.807, 2.05) is 6.07 Å². The zero-order valence-corrected chi connectivity index (χ0v) is 13.8. The van der Waals surface area contributed by atoms with E-state index in [2.05, 4.69) is 18.9 Å². The molecule has 1 fully saturated rings. The van der Waals surface area contributed by atoms with Crippen LogP contribution in [0.2, 0.25) is 0 Å². The molecule has 2 rings (SSSR count). The Morgan fingerprint density at radius 2 is 2.00 bits per heavy atom. The minimum Gasteiger partial charge on any atom is -0.389 e. The van der Waals surface area contributed by atoms with E-state index < -0.39 is 0 Å². The normalized spacial score (nSPS) is 22.5. The summed E-state index contributed by atoms with van der Waals surface area (Å²) in [6, 6.07) is 5.70. The SMILES string of the molecule is CCC1CCC(N(C)Cc2ccc(F)c(C(N)=S)c2)CC1. The van der Waals surface area contributed by atoms with Gasteiger partial charge in [-0.1, -0.05) is 31.6 Å². The molecule has 0 unspecified atom stereocenters. The smallest absolute Gasteiger partial charge is 0.133 e. The molecule has 1 aromatic rings. The lowest BCUT2D eigenvalue weighted by atomic mass is 9.84. The lowest BCUT2D eigenvalue weighted by molar-refractivity contribution is 0.157. The zero-order chi connectivity index (χ0) is 15.4. The standard InChI is InChI=1S/C17H25FN2S/c1-3-12-4-7-14(8-5-12)20(2)11-13-6-9-16(18)15(10-13)17(19)21/h6,9-10,12,14H,3-5,7-8,11H2,1-2H3,(H2,19,21). The Morgan fingerprint density at radius 1 is 1.33 bits per heavy atom. The first-order chi connectivity index (χ1) is 10.0. The molecule has 2 nitrogen and oxygen atoms in total. The Bertz CT molecular complexity index is 496. The molecule has 4 heteroatoms. The lowest BCUT2D eigenvalue weighted by Crippen LogP contribution is -2.34. The second kappa shape index (κ2) is 7.32. The van der Waals surface area contributed by atoms with Gasteiger partial charge in [-0.15, -0.1) is 0 Å². The largest absolute Gasteiger partial charge is 0.389 e. The molecule has 116 valence electrons. The van der Waals surface area contributed by atoms with Crippen LogP contribution in [0.1, 0.15) is 50.2 Å². The number of rotatable bonds is 5. The molecular weight excluding hydrogens is 283 g/mol.